The monoisotopic (exact) mass is 301 g/mol. The smallest absolute Gasteiger partial charge is 0.326 e. The van der Waals surface area contributed by atoms with E-state index in [-0.39, 0.29) is 24.4 Å². The van der Waals surface area contributed by atoms with E-state index in [2.05, 4.69) is 10.6 Å². The lowest BCUT2D eigenvalue weighted by Gasteiger charge is -2.24. The van der Waals surface area contributed by atoms with Crippen LogP contribution in [0.3, 0.4) is 0 Å². The fourth-order valence-corrected chi connectivity index (χ4v) is 1.80. The van der Waals surface area contributed by atoms with Crippen LogP contribution in [-0.4, -0.2) is 53.1 Å². The van der Waals surface area contributed by atoms with Gasteiger partial charge in [-0.15, -0.1) is 0 Å². The zero-order valence-corrected chi connectivity index (χ0v) is 13.5. The number of amides is 3. The van der Waals surface area contributed by atoms with Gasteiger partial charge in [0.1, 0.15) is 12.6 Å². The van der Waals surface area contributed by atoms with E-state index in [1.165, 1.54) is 4.90 Å². The van der Waals surface area contributed by atoms with Crippen LogP contribution < -0.4 is 10.6 Å². The summed E-state index contributed by atoms with van der Waals surface area (Å²) in [5.74, 6) is -1.19. The van der Waals surface area contributed by atoms with Gasteiger partial charge in [0.25, 0.3) is 0 Å². The lowest BCUT2D eigenvalue weighted by molar-refractivity contribution is -0.139. The van der Waals surface area contributed by atoms with E-state index in [4.69, 9.17) is 5.11 Å². The van der Waals surface area contributed by atoms with Gasteiger partial charge in [-0.25, -0.2) is 9.59 Å². The molecule has 0 spiro atoms. The summed E-state index contributed by atoms with van der Waals surface area (Å²) in [6, 6.07) is -1.49. The van der Waals surface area contributed by atoms with Gasteiger partial charge in [0, 0.05) is 12.6 Å². The Labute approximate surface area is 126 Å². The van der Waals surface area contributed by atoms with Crippen molar-refractivity contribution in [1.82, 2.24) is 15.5 Å². The van der Waals surface area contributed by atoms with Crippen LogP contribution in [0.2, 0.25) is 0 Å². The zero-order valence-electron chi connectivity index (χ0n) is 13.5. The Hall–Kier alpha value is -1.79. The average Bonchev–Trinajstić information content (AvgIpc) is 2.33. The van der Waals surface area contributed by atoms with Gasteiger partial charge >= 0.3 is 12.0 Å². The van der Waals surface area contributed by atoms with Crippen molar-refractivity contribution in [3.05, 3.63) is 0 Å². The molecule has 0 aliphatic carbocycles. The van der Waals surface area contributed by atoms with Gasteiger partial charge in [-0.1, -0.05) is 13.8 Å². The summed E-state index contributed by atoms with van der Waals surface area (Å²) < 4.78 is 0. The molecule has 122 valence electrons. The molecule has 0 aliphatic heterocycles. The molecule has 0 bridgehead atoms. The Morgan fingerprint density at radius 1 is 1.10 bits per heavy atom. The number of nitrogens with one attached hydrogen (secondary N) is 2. The van der Waals surface area contributed by atoms with Crippen molar-refractivity contribution < 1.29 is 19.5 Å². The fraction of sp³-hybridized carbons (Fsp3) is 0.786. The van der Waals surface area contributed by atoms with Gasteiger partial charge in [0.2, 0.25) is 5.91 Å². The van der Waals surface area contributed by atoms with Crippen molar-refractivity contribution in [1.29, 1.82) is 0 Å². The van der Waals surface area contributed by atoms with E-state index in [9.17, 15) is 14.4 Å². The molecule has 0 radical (unpaired) electrons. The second-order valence-electron chi connectivity index (χ2n) is 5.71. The number of hydrogen-bond acceptors (Lipinski definition) is 3. The third-order valence-electron chi connectivity index (χ3n) is 2.76. The molecule has 3 N–H and O–H groups in total. The van der Waals surface area contributed by atoms with Crippen molar-refractivity contribution in [2.75, 3.05) is 13.1 Å². The first-order chi connectivity index (χ1) is 9.67. The molecule has 1 atom stereocenters. The molecular formula is C14H27N3O4. The normalized spacial score (nSPS) is 12.1. The summed E-state index contributed by atoms with van der Waals surface area (Å²) in [7, 11) is 0. The molecule has 7 nitrogen and oxygen atoms in total. The van der Waals surface area contributed by atoms with Gasteiger partial charge in [-0.05, 0) is 33.1 Å². The summed E-state index contributed by atoms with van der Waals surface area (Å²) in [4.78, 5) is 36.2. The minimum Gasteiger partial charge on any atom is -0.480 e. The standard InChI is InChI=1S/C14H27N3O4/c1-6-17(8-12(18)15-10(4)5)14(21)16-11(13(19)20)7-9(2)3/h9-11H,6-8H2,1-5H3,(H,15,18)(H,16,21)(H,19,20)/t11-/m1/s1. The van der Waals surface area contributed by atoms with E-state index in [1.807, 2.05) is 27.7 Å². The number of carbonyl (C=O) groups is 3. The summed E-state index contributed by atoms with van der Waals surface area (Å²) >= 11 is 0. The van der Waals surface area contributed by atoms with Crippen LogP contribution in [0, 0.1) is 5.92 Å². The van der Waals surface area contributed by atoms with E-state index < -0.39 is 18.0 Å². The Morgan fingerprint density at radius 3 is 2.05 bits per heavy atom. The number of aliphatic carboxylic acids is 1. The number of hydrogen-bond donors (Lipinski definition) is 3. The molecule has 0 saturated heterocycles. The summed E-state index contributed by atoms with van der Waals surface area (Å²) in [6.45, 7) is 9.40. The predicted molar refractivity (Wildman–Crippen MR) is 79.9 cm³/mol. The highest BCUT2D eigenvalue weighted by molar-refractivity contribution is 5.86. The van der Waals surface area contributed by atoms with Gasteiger partial charge in [-0.3, -0.25) is 4.79 Å². The van der Waals surface area contributed by atoms with Crippen LogP contribution in [0.5, 0.6) is 0 Å². The number of urea groups is 1. The number of carboxylic acids is 1. The molecule has 3 amide bonds. The van der Waals surface area contributed by atoms with Crippen molar-refractivity contribution in [3.8, 4) is 0 Å². The van der Waals surface area contributed by atoms with Gasteiger partial charge in [-0.2, -0.15) is 0 Å². The molecule has 0 aliphatic rings. The first kappa shape index (κ1) is 19.2. The first-order valence-electron chi connectivity index (χ1n) is 7.24. The number of carbonyl (C=O) groups excluding carboxylic acids is 2. The summed E-state index contributed by atoms with van der Waals surface area (Å²) in [6.07, 6.45) is 0.344. The Kier molecular flexibility index (Phi) is 8.42. The molecule has 0 unspecified atom stereocenters. The molecule has 0 rings (SSSR count). The largest absolute Gasteiger partial charge is 0.480 e. The summed E-state index contributed by atoms with van der Waals surface area (Å²) in [5.41, 5.74) is 0. The third kappa shape index (κ3) is 8.16. The maximum absolute atomic E-state index is 12.1. The molecular weight excluding hydrogens is 274 g/mol. The summed E-state index contributed by atoms with van der Waals surface area (Å²) in [5, 5.41) is 14.3. The molecule has 0 aromatic heterocycles. The Morgan fingerprint density at radius 2 is 1.67 bits per heavy atom. The quantitative estimate of drug-likeness (QED) is 0.624. The van der Waals surface area contributed by atoms with Crippen molar-refractivity contribution in [2.45, 2.75) is 53.1 Å². The van der Waals surface area contributed by atoms with E-state index in [1.54, 1.807) is 6.92 Å². The SMILES string of the molecule is CCN(CC(=O)NC(C)C)C(=O)N[C@H](CC(C)C)C(=O)O. The van der Waals surface area contributed by atoms with Crippen molar-refractivity contribution in [2.24, 2.45) is 5.92 Å². The highest BCUT2D eigenvalue weighted by atomic mass is 16.4. The fourth-order valence-electron chi connectivity index (χ4n) is 1.80. The minimum atomic E-state index is -1.07. The van der Waals surface area contributed by atoms with Crippen LogP contribution in [0.4, 0.5) is 4.79 Å². The molecule has 0 saturated carbocycles. The zero-order chi connectivity index (χ0) is 16.6. The third-order valence-corrected chi connectivity index (χ3v) is 2.76. The van der Waals surface area contributed by atoms with E-state index in [0.717, 1.165) is 0 Å². The average molecular weight is 301 g/mol. The van der Waals surface area contributed by atoms with E-state index in [0.29, 0.717) is 13.0 Å². The molecule has 21 heavy (non-hydrogen) atoms. The number of likely N-dealkylation sites (N-methyl/N-ethyl adjacent to an activating group) is 1. The Balaban J connectivity index is 4.62. The molecule has 0 fully saturated rings. The maximum atomic E-state index is 12.1. The Bertz CT molecular complexity index is 369. The van der Waals surface area contributed by atoms with Crippen LogP contribution in [-0.2, 0) is 9.59 Å². The van der Waals surface area contributed by atoms with Gasteiger partial charge < -0.3 is 20.6 Å². The topological polar surface area (TPSA) is 98.7 Å². The second-order valence-corrected chi connectivity index (χ2v) is 5.71. The van der Waals surface area contributed by atoms with Crippen LogP contribution >= 0.6 is 0 Å². The number of nitrogens with zero attached hydrogens (tertiary/aromatic N) is 1. The highest BCUT2D eigenvalue weighted by Crippen LogP contribution is 2.05. The first-order valence-corrected chi connectivity index (χ1v) is 7.24. The van der Waals surface area contributed by atoms with Crippen LogP contribution in [0.25, 0.3) is 0 Å². The number of rotatable bonds is 8. The molecule has 0 heterocycles. The van der Waals surface area contributed by atoms with Crippen LogP contribution in [0.1, 0.15) is 41.0 Å². The van der Waals surface area contributed by atoms with Crippen LogP contribution in [0.15, 0.2) is 0 Å². The van der Waals surface area contributed by atoms with Gasteiger partial charge in [0.15, 0.2) is 0 Å². The second kappa shape index (κ2) is 9.20. The molecule has 0 aromatic rings. The van der Waals surface area contributed by atoms with Crippen molar-refractivity contribution >= 4 is 17.9 Å². The highest BCUT2D eigenvalue weighted by Gasteiger charge is 2.24. The predicted octanol–water partition coefficient (Wildman–Crippen LogP) is 1.04. The molecule has 7 heteroatoms. The maximum Gasteiger partial charge on any atom is 0.326 e. The minimum absolute atomic E-state index is 0.00743. The lowest BCUT2D eigenvalue weighted by atomic mass is 10.0. The van der Waals surface area contributed by atoms with Crippen molar-refractivity contribution in [3.63, 3.8) is 0 Å². The van der Waals surface area contributed by atoms with Gasteiger partial charge in [0.05, 0.1) is 0 Å². The lowest BCUT2D eigenvalue weighted by Crippen LogP contribution is -2.51. The number of carboxylic acid groups (broad SMARTS) is 1. The molecule has 0 aromatic carbocycles. The van der Waals surface area contributed by atoms with E-state index >= 15 is 0 Å².